The largest absolute Gasteiger partial charge is 0.344 e. The van der Waals surface area contributed by atoms with Crippen molar-refractivity contribution < 1.29 is 0 Å². The second-order valence-electron chi connectivity index (χ2n) is 16.1. The van der Waals surface area contributed by atoms with Gasteiger partial charge in [-0.1, -0.05) is 166 Å². The average molecular weight is 760 g/mol. The number of fused-ring (bicyclic) bond motifs is 12. The van der Waals surface area contributed by atoms with Crippen molar-refractivity contribution in [1.82, 2.24) is 5.32 Å². The van der Waals surface area contributed by atoms with E-state index in [0.717, 1.165) is 28.4 Å². The average Bonchev–Trinajstić information content (AvgIpc) is 3.77. The summed E-state index contributed by atoms with van der Waals surface area (Å²) in [4.78, 5) is 10.7. The number of rotatable bonds is 4. The number of hydrogen-bond donors (Lipinski definition) is 1. The SMILES string of the molecule is CC1(C)c2ccccc2-c2ccc(C3N=C(c4cccc5sc6ccc(-c7ccc8c9ccccc9c9ccccc9c8c7)cc6c45)N=C(c4ccccc4)N3)cc21. The van der Waals surface area contributed by atoms with Crippen molar-refractivity contribution in [2.45, 2.75) is 25.4 Å². The van der Waals surface area contributed by atoms with Crippen LogP contribution >= 0.6 is 11.3 Å². The standard InChI is InChI=1S/C54H37N3S/c1-54(2)46-21-11-10-19-41(46)42-27-24-35(31-47(42)54)52-55-51(32-13-4-3-5-14-32)56-53(57-52)43-20-12-22-49-50(43)45-30-34(25-28-48(45)58-49)33-23-26-40-38-17-7-6-15-36(38)37-16-8-9-18-39(37)44(40)29-33/h3-31,52H,1-2H3,(H,55,56,57). The lowest BCUT2D eigenvalue weighted by Gasteiger charge is -2.26. The summed E-state index contributed by atoms with van der Waals surface area (Å²) in [6.07, 6.45) is -0.313. The van der Waals surface area contributed by atoms with E-state index < -0.39 is 0 Å². The molecule has 9 aromatic carbocycles. The van der Waals surface area contributed by atoms with Gasteiger partial charge in [0.15, 0.2) is 5.84 Å². The van der Waals surface area contributed by atoms with Gasteiger partial charge in [0.25, 0.3) is 0 Å². The number of hydrogen-bond acceptors (Lipinski definition) is 4. The van der Waals surface area contributed by atoms with E-state index in [9.17, 15) is 0 Å². The minimum Gasteiger partial charge on any atom is -0.344 e. The van der Waals surface area contributed by atoms with E-state index in [2.05, 4.69) is 195 Å². The lowest BCUT2D eigenvalue weighted by Crippen LogP contribution is -2.33. The third kappa shape index (κ3) is 4.98. The zero-order chi connectivity index (χ0) is 38.5. The van der Waals surface area contributed by atoms with Crippen LogP contribution in [0.1, 0.15) is 47.8 Å². The molecule has 4 heteroatoms. The van der Waals surface area contributed by atoms with Crippen LogP contribution in [0.25, 0.3) is 74.7 Å². The van der Waals surface area contributed by atoms with E-state index in [4.69, 9.17) is 9.98 Å². The van der Waals surface area contributed by atoms with Crippen molar-refractivity contribution in [3.63, 3.8) is 0 Å². The van der Waals surface area contributed by atoms with Gasteiger partial charge >= 0.3 is 0 Å². The molecule has 0 radical (unpaired) electrons. The number of nitrogens with zero attached hydrogens (tertiary/aromatic N) is 2. The van der Waals surface area contributed by atoms with E-state index in [-0.39, 0.29) is 11.6 Å². The van der Waals surface area contributed by atoms with Crippen LogP contribution in [0.2, 0.25) is 0 Å². The van der Waals surface area contributed by atoms with Gasteiger partial charge in [0, 0.05) is 36.7 Å². The maximum Gasteiger partial charge on any atom is 0.160 e. The highest BCUT2D eigenvalue weighted by atomic mass is 32.1. The number of amidine groups is 2. The Balaban J connectivity index is 1.02. The first-order valence-corrected chi connectivity index (χ1v) is 20.8. The third-order valence-corrected chi connectivity index (χ3v) is 13.7. The third-order valence-electron chi connectivity index (χ3n) is 12.5. The molecule has 1 aliphatic heterocycles. The Labute approximate surface area is 340 Å². The molecule has 0 bridgehead atoms. The highest BCUT2D eigenvalue weighted by Gasteiger charge is 2.36. The van der Waals surface area contributed by atoms with Crippen LogP contribution in [-0.2, 0) is 5.41 Å². The summed E-state index contributed by atoms with van der Waals surface area (Å²) in [7, 11) is 0. The number of thiophene rings is 1. The van der Waals surface area contributed by atoms with Crippen LogP contribution in [-0.4, -0.2) is 11.7 Å². The molecule has 0 fully saturated rings. The zero-order valence-corrected chi connectivity index (χ0v) is 32.9. The summed E-state index contributed by atoms with van der Waals surface area (Å²) >= 11 is 1.83. The second-order valence-corrected chi connectivity index (χ2v) is 17.2. The van der Waals surface area contributed by atoms with Crippen molar-refractivity contribution in [2.75, 3.05) is 0 Å². The molecule has 1 atom stereocenters. The van der Waals surface area contributed by atoms with Crippen LogP contribution in [0.3, 0.4) is 0 Å². The molecule has 0 spiro atoms. The summed E-state index contributed by atoms with van der Waals surface area (Å²) in [5.74, 6) is 1.57. The first-order chi connectivity index (χ1) is 28.5. The fourth-order valence-electron chi connectivity index (χ4n) is 9.65. The van der Waals surface area contributed by atoms with Gasteiger partial charge in [-0.2, -0.15) is 0 Å². The Morgan fingerprint density at radius 3 is 1.86 bits per heavy atom. The predicted molar refractivity (Wildman–Crippen MR) is 247 cm³/mol. The van der Waals surface area contributed by atoms with Crippen molar-refractivity contribution in [3.8, 4) is 22.3 Å². The van der Waals surface area contributed by atoms with E-state index in [1.165, 1.54) is 85.9 Å². The van der Waals surface area contributed by atoms with Crippen LogP contribution < -0.4 is 5.32 Å². The Kier molecular flexibility index (Phi) is 7.21. The summed E-state index contributed by atoms with van der Waals surface area (Å²) < 4.78 is 2.48. The first kappa shape index (κ1) is 33.3. The van der Waals surface area contributed by atoms with Crippen LogP contribution in [0.5, 0.6) is 0 Å². The quantitative estimate of drug-likeness (QED) is 0.178. The molecule has 12 rings (SSSR count). The summed E-state index contributed by atoms with van der Waals surface area (Å²) in [6.45, 7) is 4.67. The fraction of sp³-hybridized carbons (Fsp3) is 0.0741. The molecular formula is C54H37N3S. The number of benzene rings is 9. The van der Waals surface area contributed by atoms with E-state index in [1.807, 2.05) is 11.3 Å². The smallest absolute Gasteiger partial charge is 0.160 e. The lowest BCUT2D eigenvalue weighted by molar-refractivity contribution is 0.645. The number of nitrogens with one attached hydrogen (secondary N) is 1. The second kappa shape index (κ2) is 12.6. The fourth-order valence-corrected chi connectivity index (χ4v) is 10.8. The van der Waals surface area contributed by atoms with E-state index in [0.29, 0.717) is 0 Å². The summed E-state index contributed by atoms with van der Waals surface area (Å²) in [6, 6.07) is 64.2. The molecule has 10 aromatic rings. The molecule has 58 heavy (non-hydrogen) atoms. The van der Waals surface area contributed by atoms with Gasteiger partial charge in [-0.15, -0.1) is 11.3 Å². The molecule has 1 N–H and O–H groups in total. The summed E-state index contributed by atoms with van der Waals surface area (Å²) in [5, 5.41) is 13.9. The van der Waals surface area contributed by atoms with Crippen molar-refractivity contribution in [3.05, 3.63) is 204 Å². The summed E-state index contributed by atoms with van der Waals surface area (Å²) in [5.41, 5.74) is 10.8. The first-order valence-electron chi connectivity index (χ1n) is 20.0. The van der Waals surface area contributed by atoms with Gasteiger partial charge in [-0.05, 0) is 95.5 Å². The molecule has 274 valence electrons. The van der Waals surface area contributed by atoms with Gasteiger partial charge in [-0.25, -0.2) is 9.98 Å². The Hall–Kier alpha value is -6.88. The lowest BCUT2D eigenvalue weighted by atomic mass is 9.82. The van der Waals surface area contributed by atoms with E-state index >= 15 is 0 Å². The van der Waals surface area contributed by atoms with Gasteiger partial charge in [0.2, 0.25) is 0 Å². The Morgan fingerprint density at radius 1 is 0.466 bits per heavy atom. The highest BCUT2D eigenvalue weighted by Crippen LogP contribution is 2.49. The number of aliphatic imine (C=N–C) groups is 2. The zero-order valence-electron chi connectivity index (χ0n) is 32.1. The molecule has 0 saturated carbocycles. The normalized spacial score (nSPS) is 15.7. The highest BCUT2D eigenvalue weighted by molar-refractivity contribution is 7.25. The molecule has 0 saturated heterocycles. The molecular weight excluding hydrogens is 723 g/mol. The van der Waals surface area contributed by atoms with Crippen molar-refractivity contribution in [2.24, 2.45) is 9.98 Å². The maximum atomic E-state index is 5.45. The molecule has 3 nitrogen and oxygen atoms in total. The van der Waals surface area contributed by atoms with Crippen LogP contribution in [0, 0.1) is 0 Å². The van der Waals surface area contributed by atoms with Gasteiger partial charge in [0.1, 0.15) is 12.0 Å². The Bertz CT molecular complexity index is 3370. The molecule has 1 aliphatic carbocycles. The molecule has 2 aliphatic rings. The van der Waals surface area contributed by atoms with Crippen LogP contribution in [0.15, 0.2) is 186 Å². The Morgan fingerprint density at radius 2 is 1.09 bits per heavy atom. The molecule has 0 amide bonds. The maximum absolute atomic E-state index is 5.45. The van der Waals surface area contributed by atoms with Gasteiger partial charge in [0.05, 0.1) is 0 Å². The predicted octanol–water partition coefficient (Wildman–Crippen LogP) is 14.0. The van der Waals surface area contributed by atoms with Gasteiger partial charge < -0.3 is 5.32 Å². The minimum absolute atomic E-state index is 0.107. The van der Waals surface area contributed by atoms with E-state index in [1.54, 1.807) is 0 Å². The van der Waals surface area contributed by atoms with Gasteiger partial charge in [-0.3, -0.25) is 0 Å². The van der Waals surface area contributed by atoms with Crippen molar-refractivity contribution in [1.29, 1.82) is 0 Å². The molecule has 2 heterocycles. The molecule has 1 unspecified atom stereocenters. The molecule has 1 aromatic heterocycles. The topological polar surface area (TPSA) is 36.8 Å². The van der Waals surface area contributed by atoms with Crippen molar-refractivity contribution >= 4 is 75.5 Å². The van der Waals surface area contributed by atoms with Crippen LogP contribution in [0.4, 0.5) is 0 Å². The minimum atomic E-state index is -0.313. The monoisotopic (exact) mass is 759 g/mol.